The highest BCUT2D eigenvalue weighted by atomic mass is 32.2. The van der Waals surface area contributed by atoms with Crippen LogP contribution in [0, 0.1) is 12.8 Å². The predicted molar refractivity (Wildman–Crippen MR) is 62.7 cm³/mol. The van der Waals surface area contributed by atoms with Crippen molar-refractivity contribution in [1.82, 2.24) is 9.55 Å². The molecule has 1 aromatic rings. The lowest BCUT2D eigenvalue weighted by molar-refractivity contribution is 0.233. The minimum atomic E-state index is -0.369. The molecule has 5 nitrogen and oxygen atoms in total. The lowest BCUT2D eigenvalue weighted by Crippen LogP contribution is -2.32. The second-order valence-electron chi connectivity index (χ2n) is 4.05. The fraction of sp³-hybridized carbons (Fsp3) is 0.600. The number of aromatic amines is 1. The second-order valence-corrected chi connectivity index (χ2v) is 5.26. The van der Waals surface area contributed by atoms with Crippen LogP contribution in [0.4, 0.5) is 0 Å². The first-order valence-corrected chi connectivity index (χ1v) is 6.21. The molecule has 2 heterocycles. The van der Waals surface area contributed by atoms with Gasteiger partial charge in [-0.2, -0.15) is 0 Å². The van der Waals surface area contributed by atoms with Gasteiger partial charge in [0.25, 0.3) is 5.56 Å². The fourth-order valence-corrected chi connectivity index (χ4v) is 3.25. The monoisotopic (exact) mass is 242 g/mol. The van der Waals surface area contributed by atoms with Gasteiger partial charge in [-0.15, -0.1) is 11.8 Å². The zero-order valence-corrected chi connectivity index (χ0v) is 9.79. The number of aliphatic hydroxyl groups is 1. The maximum absolute atomic E-state index is 11.6. The Balaban J connectivity index is 2.32. The summed E-state index contributed by atoms with van der Waals surface area (Å²) in [4.78, 5) is 25.1. The van der Waals surface area contributed by atoms with Gasteiger partial charge in [-0.3, -0.25) is 14.3 Å². The molecule has 16 heavy (non-hydrogen) atoms. The van der Waals surface area contributed by atoms with Gasteiger partial charge in [0.2, 0.25) is 0 Å². The highest BCUT2D eigenvalue weighted by Gasteiger charge is 2.26. The highest BCUT2D eigenvalue weighted by molar-refractivity contribution is 7.99. The Morgan fingerprint density at radius 1 is 1.62 bits per heavy atom. The average Bonchev–Trinajstić information content (AvgIpc) is 2.71. The van der Waals surface area contributed by atoms with E-state index in [1.165, 1.54) is 0 Å². The van der Waals surface area contributed by atoms with E-state index < -0.39 is 0 Å². The quantitative estimate of drug-likeness (QED) is 0.770. The minimum Gasteiger partial charge on any atom is -0.396 e. The van der Waals surface area contributed by atoms with Crippen LogP contribution < -0.4 is 11.2 Å². The van der Waals surface area contributed by atoms with Crippen LogP contribution in [0.25, 0.3) is 0 Å². The van der Waals surface area contributed by atoms with E-state index in [-0.39, 0.29) is 29.1 Å². The molecule has 88 valence electrons. The topological polar surface area (TPSA) is 75.1 Å². The molecule has 0 radical (unpaired) electrons. The van der Waals surface area contributed by atoms with Crippen molar-refractivity contribution < 1.29 is 5.11 Å². The molecule has 6 heteroatoms. The Hall–Kier alpha value is -1.01. The van der Waals surface area contributed by atoms with E-state index in [2.05, 4.69) is 4.98 Å². The van der Waals surface area contributed by atoms with Crippen molar-refractivity contribution >= 4 is 11.8 Å². The Bertz CT molecular complexity index is 494. The third kappa shape index (κ3) is 2.08. The van der Waals surface area contributed by atoms with E-state index >= 15 is 0 Å². The third-order valence-corrected chi connectivity index (χ3v) is 4.24. The Labute approximate surface area is 96.5 Å². The number of nitrogens with one attached hydrogen (secondary N) is 1. The number of rotatable bonds is 2. The lowest BCUT2D eigenvalue weighted by atomic mass is 10.1. The van der Waals surface area contributed by atoms with Crippen molar-refractivity contribution in [3.8, 4) is 0 Å². The van der Waals surface area contributed by atoms with Gasteiger partial charge in [0, 0.05) is 24.1 Å². The molecule has 1 aliphatic rings. The molecule has 0 aliphatic carbocycles. The Morgan fingerprint density at radius 3 is 3.00 bits per heavy atom. The second kappa shape index (κ2) is 4.47. The number of aromatic nitrogens is 2. The van der Waals surface area contributed by atoms with Gasteiger partial charge in [-0.25, -0.2) is 4.79 Å². The van der Waals surface area contributed by atoms with Crippen LogP contribution in [0.15, 0.2) is 15.8 Å². The number of H-pyrrole nitrogens is 1. The summed E-state index contributed by atoms with van der Waals surface area (Å²) in [5.74, 6) is 1.10. The normalized spacial score (nSPS) is 24.9. The molecular formula is C10H14N2O3S. The van der Waals surface area contributed by atoms with Gasteiger partial charge in [-0.05, 0) is 19.3 Å². The fourth-order valence-electron chi connectivity index (χ4n) is 1.79. The standard InChI is InChI=1S/C10H14N2O3S/c1-6-3-12(10(15)11-9(6)14)8-2-7(4-13)5-16-8/h3,7-8,13H,2,4-5H2,1H3,(H,11,14,15)/t7-,8+/m0/s1. The number of thioether (sulfide) groups is 1. The minimum absolute atomic E-state index is 0.0280. The van der Waals surface area contributed by atoms with E-state index in [0.29, 0.717) is 5.56 Å². The predicted octanol–water partition coefficient (Wildman–Crippen LogP) is 0.0890. The molecular weight excluding hydrogens is 228 g/mol. The van der Waals surface area contributed by atoms with E-state index in [0.717, 1.165) is 12.2 Å². The first kappa shape index (κ1) is 11.5. The molecule has 0 saturated carbocycles. The summed E-state index contributed by atoms with van der Waals surface area (Å²) in [7, 11) is 0. The molecule has 0 unspecified atom stereocenters. The number of nitrogens with zero attached hydrogens (tertiary/aromatic N) is 1. The van der Waals surface area contributed by atoms with E-state index in [9.17, 15) is 9.59 Å². The van der Waals surface area contributed by atoms with Crippen LogP contribution in [0.2, 0.25) is 0 Å². The van der Waals surface area contributed by atoms with Crippen molar-refractivity contribution in [3.05, 3.63) is 32.6 Å². The number of aryl methyl sites for hydroxylation is 1. The van der Waals surface area contributed by atoms with E-state index in [1.54, 1.807) is 29.4 Å². The summed E-state index contributed by atoms with van der Waals surface area (Å²) in [5.41, 5.74) is -0.165. The molecule has 1 saturated heterocycles. The first-order chi connectivity index (χ1) is 7.61. The van der Waals surface area contributed by atoms with Crippen molar-refractivity contribution in [2.45, 2.75) is 18.7 Å². The zero-order chi connectivity index (χ0) is 11.7. The molecule has 0 amide bonds. The van der Waals surface area contributed by atoms with E-state index in [4.69, 9.17) is 5.11 Å². The first-order valence-electron chi connectivity index (χ1n) is 5.16. The van der Waals surface area contributed by atoms with Crippen molar-refractivity contribution in [1.29, 1.82) is 0 Å². The summed E-state index contributed by atoms with van der Waals surface area (Å²) >= 11 is 1.64. The molecule has 2 N–H and O–H groups in total. The Morgan fingerprint density at radius 2 is 2.38 bits per heavy atom. The van der Waals surface area contributed by atoms with E-state index in [1.807, 2.05) is 0 Å². The van der Waals surface area contributed by atoms with Crippen molar-refractivity contribution in [2.24, 2.45) is 5.92 Å². The van der Waals surface area contributed by atoms with Crippen LogP contribution in [0.1, 0.15) is 17.4 Å². The largest absolute Gasteiger partial charge is 0.396 e. The third-order valence-electron chi connectivity index (χ3n) is 2.77. The molecule has 1 fully saturated rings. The van der Waals surface area contributed by atoms with Crippen LogP contribution >= 0.6 is 11.8 Å². The van der Waals surface area contributed by atoms with Gasteiger partial charge in [0.05, 0.1) is 5.37 Å². The molecule has 2 rings (SSSR count). The SMILES string of the molecule is Cc1cn([C@H]2C[C@@H](CO)CS2)c(=O)[nH]c1=O. The van der Waals surface area contributed by atoms with Gasteiger partial charge in [0.15, 0.2) is 0 Å². The van der Waals surface area contributed by atoms with Gasteiger partial charge < -0.3 is 5.11 Å². The molecule has 0 aromatic carbocycles. The maximum atomic E-state index is 11.6. The van der Waals surface area contributed by atoms with Crippen molar-refractivity contribution in [2.75, 3.05) is 12.4 Å². The highest BCUT2D eigenvalue weighted by Crippen LogP contribution is 2.38. The molecule has 1 aliphatic heterocycles. The molecule has 2 atom stereocenters. The summed E-state index contributed by atoms with van der Waals surface area (Å²) in [6, 6.07) is 0. The molecule has 1 aromatic heterocycles. The number of hydrogen-bond acceptors (Lipinski definition) is 4. The summed E-state index contributed by atoms with van der Waals surface area (Å²) in [5, 5.41) is 9.07. The van der Waals surface area contributed by atoms with Crippen LogP contribution in [-0.4, -0.2) is 27.0 Å². The molecule has 0 bridgehead atoms. The van der Waals surface area contributed by atoms with Crippen molar-refractivity contribution in [3.63, 3.8) is 0 Å². The van der Waals surface area contributed by atoms with Crippen LogP contribution in [-0.2, 0) is 0 Å². The maximum Gasteiger partial charge on any atom is 0.329 e. The number of hydrogen-bond donors (Lipinski definition) is 2. The lowest BCUT2D eigenvalue weighted by Gasteiger charge is -2.12. The van der Waals surface area contributed by atoms with Gasteiger partial charge in [0.1, 0.15) is 0 Å². The summed E-state index contributed by atoms with van der Waals surface area (Å²) in [6.45, 7) is 1.83. The summed E-state index contributed by atoms with van der Waals surface area (Å²) < 4.78 is 1.55. The molecule has 0 spiro atoms. The van der Waals surface area contributed by atoms with Gasteiger partial charge in [-0.1, -0.05) is 0 Å². The zero-order valence-electron chi connectivity index (χ0n) is 8.97. The average molecular weight is 242 g/mol. The number of aliphatic hydroxyl groups excluding tert-OH is 1. The smallest absolute Gasteiger partial charge is 0.329 e. The summed E-state index contributed by atoms with van der Waals surface area (Å²) in [6.07, 6.45) is 2.37. The van der Waals surface area contributed by atoms with Crippen LogP contribution in [0.3, 0.4) is 0 Å². The van der Waals surface area contributed by atoms with Crippen LogP contribution in [0.5, 0.6) is 0 Å². The Kier molecular flexibility index (Phi) is 3.20. The van der Waals surface area contributed by atoms with Gasteiger partial charge >= 0.3 is 5.69 Å².